The van der Waals surface area contributed by atoms with Crippen molar-refractivity contribution in [3.8, 4) is 5.69 Å². The number of benzene rings is 1. The fourth-order valence-electron chi connectivity index (χ4n) is 2.66. The lowest BCUT2D eigenvalue weighted by atomic mass is 10.2. The maximum atomic E-state index is 12.1. The fourth-order valence-corrected chi connectivity index (χ4v) is 3.60. The first-order valence-corrected chi connectivity index (χ1v) is 9.64. The molecule has 2 heterocycles. The number of likely N-dealkylation sites (N-methyl/N-ethyl adjacent to an activating group) is 1. The van der Waals surface area contributed by atoms with Crippen LogP contribution in [0.25, 0.3) is 16.0 Å². The minimum Gasteiger partial charge on any atom is -0.352 e. The average molecular weight is 372 g/mol. The normalized spacial score (nSPS) is 12.3. The van der Waals surface area contributed by atoms with Gasteiger partial charge in [0.15, 0.2) is 10.8 Å². The number of hydrogen-bond acceptors (Lipinski definition) is 5. The minimum atomic E-state index is 0.0120. The van der Waals surface area contributed by atoms with Crippen LogP contribution in [0.15, 0.2) is 24.3 Å². The molecule has 0 saturated heterocycles. The van der Waals surface area contributed by atoms with Crippen LogP contribution in [0.1, 0.15) is 31.5 Å². The Morgan fingerprint density at radius 2 is 2.00 bits per heavy atom. The quantitative estimate of drug-likeness (QED) is 0.721. The van der Waals surface area contributed by atoms with Gasteiger partial charge in [-0.25, -0.2) is 4.68 Å². The molecular weight excluding hydrogens is 346 g/mol. The molecule has 7 heteroatoms. The third-order valence-corrected chi connectivity index (χ3v) is 5.65. The number of aryl methyl sites for hydroxylation is 2. The van der Waals surface area contributed by atoms with Crippen molar-refractivity contribution in [1.82, 2.24) is 20.1 Å². The zero-order valence-corrected chi connectivity index (χ0v) is 16.7. The van der Waals surface area contributed by atoms with Gasteiger partial charge in [0.25, 0.3) is 0 Å². The van der Waals surface area contributed by atoms with E-state index in [1.165, 1.54) is 5.56 Å². The lowest BCUT2D eigenvalue weighted by Crippen LogP contribution is -2.39. The first kappa shape index (κ1) is 18.4. The van der Waals surface area contributed by atoms with Crippen LogP contribution in [-0.2, 0) is 4.79 Å². The van der Waals surface area contributed by atoms with Gasteiger partial charge in [0.1, 0.15) is 0 Å². The van der Waals surface area contributed by atoms with Crippen LogP contribution in [-0.4, -0.2) is 40.3 Å². The van der Waals surface area contributed by atoms with E-state index in [1.54, 1.807) is 11.3 Å². The lowest BCUT2D eigenvalue weighted by molar-refractivity contribution is -0.120. The number of hydrogen-bond donors (Lipinski definition) is 1. The monoisotopic (exact) mass is 371 g/mol. The van der Waals surface area contributed by atoms with Gasteiger partial charge in [0.2, 0.25) is 5.91 Å². The molecule has 0 bridgehead atoms. The molecule has 1 amide bonds. The van der Waals surface area contributed by atoms with Crippen LogP contribution in [0.2, 0.25) is 0 Å². The summed E-state index contributed by atoms with van der Waals surface area (Å²) in [5, 5.41) is 8.44. The van der Waals surface area contributed by atoms with Crippen molar-refractivity contribution in [3.63, 3.8) is 0 Å². The highest BCUT2D eigenvalue weighted by molar-refractivity contribution is 7.22. The summed E-state index contributed by atoms with van der Waals surface area (Å²) in [6.45, 7) is 8.41. The maximum absolute atomic E-state index is 12.1. The highest BCUT2D eigenvalue weighted by Gasteiger charge is 2.18. The second kappa shape index (κ2) is 7.45. The molecule has 0 fully saturated rings. The number of amides is 1. The van der Waals surface area contributed by atoms with Crippen molar-refractivity contribution >= 4 is 32.7 Å². The number of carbonyl (C=O) groups is 1. The van der Waals surface area contributed by atoms with Crippen molar-refractivity contribution < 1.29 is 4.79 Å². The molecule has 0 saturated carbocycles. The SMILES string of the molecule is CC[C@H](C)NC(=O)CN(C)c1nc2c(s1)c(C)nn2-c1ccc(C)cc1. The first-order valence-electron chi connectivity index (χ1n) is 8.82. The molecule has 0 aliphatic heterocycles. The molecule has 0 aliphatic carbocycles. The molecule has 0 unspecified atom stereocenters. The second-order valence-corrected chi connectivity index (χ2v) is 7.69. The van der Waals surface area contributed by atoms with E-state index in [1.807, 2.05) is 42.6 Å². The van der Waals surface area contributed by atoms with Crippen LogP contribution in [0.5, 0.6) is 0 Å². The zero-order valence-electron chi connectivity index (χ0n) is 15.9. The smallest absolute Gasteiger partial charge is 0.239 e. The number of rotatable bonds is 6. The lowest BCUT2D eigenvalue weighted by Gasteiger charge is -2.17. The summed E-state index contributed by atoms with van der Waals surface area (Å²) in [5.74, 6) is 0.0120. The summed E-state index contributed by atoms with van der Waals surface area (Å²) >= 11 is 1.57. The highest BCUT2D eigenvalue weighted by Crippen LogP contribution is 2.31. The van der Waals surface area contributed by atoms with Gasteiger partial charge in [0.05, 0.1) is 22.6 Å². The van der Waals surface area contributed by atoms with Crippen LogP contribution in [0.4, 0.5) is 5.13 Å². The Morgan fingerprint density at radius 3 is 2.65 bits per heavy atom. The predicted molar refractivity (Wildman–Crippen MR) is 107 cm³/mol. The summed E-state index contributed by atoms with van der Waals surface area (Å²) in [4.78, 5) is 18.8. The van der Waals surface area contributed by atoms with Crippen molar-refractivity contribution in [2.75, 3.05) is 18.5 Å². The Kier molecular flexibility index (Phi) is 5.27. The molecule has 26 heavy (non-hydrogen) atoms. The number of carbonyl (C=O) groups excluding carboxylic acids is 1. The number of thiazole rings is 1. The number of nitrogens with zero attached hydrogens (tertiary/aromatic N) is 4. The summed E-state index contributed by atoms with van der Waals surface area (Å²) in [6.07, 6.45) is 0.919. The van der Waals surface area contributed by atoms with E-state index >= 15 is 0 Å². The molecule has 3 rings (SSSR count). The largest absolute Gasteiger partial charge is 0.352 e. The second-order valence-electron chi connectivity index (χ2n) is 6.71. The first-order chi connectivity index (χ1) is 12.4. The highest BCUT2D eigenvalue weighted by atomic mass is 32.1. The molecular formula is C19H25N5OS. The summed E-state index contributed by atoms with van der Waals surface area (Å²) in [7, 11) is 1.90. The van der Waals surface area contributed by atoms with Crippen molar-refractivity contribution in [1.29, 1.82) is 0 Å². The van der Waals surface area contributed by atoms with Crippen LogP contribution >= 0.6 is 11.3 Å². The topological polar surface area (TPSA) is 63.1 Å². The third kappa shape index (κ3) is 3.72. The van der Waals surface area contributed by atoms with Gasteiger partial charge in [-0.1, -0.05) is 36.0 Å². The van der Waals surface area contributed by atoms with Crippen LogP contribution in [0, 0.1) is 13.8 Å². The number of aromatic nitrogens is 3. The van der Waals surface area contributed by atoms with Gasteiger partial charge in [-0.3, -0.25) is 4.79 Å². The van der Waals surface area contributed by atoms with Gasteiger partial charge in [-0.05, 0) is 39.3 Å². The number of fused-ring (bicyclic) bond motifs is 1. The Bertz CT molecular complexity index is 912. The molecule has 0 aliphatic rings. The van der Waals surface area contributed by atoms with Crippen molar-refractivity contribution in [2.24, 2.45) is 0 Å². The molecule has 2 aromatic heterocycles. The Hall–Kier alpha value is -2.41. The molecule has 1 aromatic carbocycles. The van der Waals surface area contributed by atoms with E-state index in [2.05, 4.69) is 36.4 Å². The van der Waals surface area contributed by atoms with E-state index < -0.39 is 0 Å². The summed E-state index contributed by atoms with van der Waals surface area (Å²) in [5.41, 5.74) is 3.98. The zero-order chi connectivity index (χ0) is 18.8. The van der Waals surface area contributed by atoms with E-state index in [0.29, 0.717) is 0 Å². The van der Waals surface area contributed by atoms with E-state index in [-0.39, 0.29) is 18.5 Å². The Morgan fingerprint density at radius 1 is 1.31 bits per heavy atom. The van der Waals surface area contributed by atoms with Gasteiger partial charge in [-0.2, -0.15) is 10.1 Å². The Labute approximate surface area is 157 Å². The maximum Gasteiger partial charge on any atom is 0.239 e. The van der Waals surface area contributed by atoms with Crippen molar-refractivity contribution in [2.45, 2.75) is 40.2 Å². The molecule has 1 N–H and O–H groups in total. The predicted octanol–water partition coefficient (Wildman–Crippen LogP) is 3.45. The molecule has 138 valence electrons. The van der Waals surface area contributed by atoms with Crippen molar-refractivity contribution in [3.05, 3.63) is 35.5 Å². The molecule has 6 nitrogen and oxygen atoms in total. The third-order valence-electron chi connectivity index (χ3n) is 4.38. The number of nitrogens with one attached hydrogen (secondary N) is 1. The van der Waals surface area contributed by atoms with E-state index in [9.17, 15) is 4.79 Å². The molecule has 1 atom stereocenters. The summed E-state index contributed by atoms with van der Waals surface area (Å²) < 4.78 is 2.92. The van der Waals surface area contributed by atoms with E-state index in [0.717, 1.165) is 33.3 Å². The minimum absolute atomic E-state index is 0.0120. The Balaban J connectivity index is 1.86. The van der Waals surface area contributed by atoms with Gasteiger partial charge in [0, 0.05) is 13.1 Å². The average Bonchev–Trinajstić information content (AvgIpc) is 3.16. The molecule has 3 aromatic rings. The van der Waals surface area contributed by atoms with Gasteiger partial charge >= 0.3 is 0 Å². The number of anilines is 1. The van der Waals surface area contributed by atoms with E-state index in [4.69, 9.17) is 4.98 Å². The fraction of sp³-hybridized carbons (Fsp3) is 0.421. The van der Waals surface area contributed by atoms with Crippen LogP contribution < -0.4 is 10.2 Å². The molecule has 0 radical (unpaired) electrons. The standard InChI is InChI=1S/C19H25N5OS/c1-6-13(3)20-16(25)11-23(5)19-21-18-17(26-19)14(4)22-24(18)15-9-7-12(2)8-10-15/h7-10,13H,6,11H2,1-5H3,(H,20,25)/t13-/m0/s1. The summed E-state index contributed by atoms with van der Waals surface area (Å²) in [6, 6.07) is 8.41. The van der Waals surface area contributed by atoms with Gasteiger partial charge in [-0.15, -0.1) is 0 Å². The van der Waals surface area contributed by atoms with Gasteiger partial charge < -0.3 is 10.2 Å². The molecule has 0 spiro atoms. The van der Waals surface area contributed by atoms with Crippen LogP contribution in [0.3, 0.4) is 0 Å².